The van der Waals surface area contributed by atoms with E-state index in [-0.39, 0.29) is 10.3 Å². The molecule has 1 N–H and O–H groups in total. The monoisotopic (exact) mass is 419 g/mol. The van der Waals surface area contributed by atoms with Crippen molar-refractivity contribution in [2.45, 2.75) is 25.7 Å². The Bertz CT molecular complexity index is 1080. The second-order valence-electron chi connectivity index (χ2n) is 6.47. The molecule has 0 spiro atoms. The molecule has 2 aliphatic rings. The number of benzene rings is 1. The average Bonchev–Trinajstić information content (AvgIpc) is 3.07. The normalized spacial score (nSPS) is 18.6. The largest absolute Gasteiger partial charge is 0.343 e. The summed E-state index contributed by atoms with van der Waals surface area (Å²) in [5.74, 6) is -1.03. The van der Waals surface area contributed by atoms with Gasteiger partial charge in [0.05, 0.1) is 10.0 Å². The fourth-order valence-corrected chi connectivity index (χ4v) is 4.24. The Hall–Kier alpha value is -2.48. The predicted octanol–water partition coefficient (Wildman–Crippen LogP) is 2.92. The van der Waals surface area contributed by atoms with Crippen LogP contribution >= 0.6 is 15.9 Å². The Labute approximate surface area is 156 Å². The molecule has 8 heteroatoms. The van der Waals surface area contributed by atoms with Gasteiger partial charge in [-0.15, -0.1) is 0 Å². The number of allylic oxidation sites excluding steroid dienone is 2. The molecule has 0 fully saturated rings. The molecule has 26 heavy (non-hydrogen) atoms. The highest BCUT2D eigenvalue weighted by Gasteiger charge is 2.41. The van der Waals surface area contributed by atoms with Crippen LogP contribution in [0.4, 0.5) is 10.2 Å². The van der Waals surface area contributed by atoms with Crippen LogP contribution in [0.2, 0.25) is 0 Å². The Morgan fingerprint density at radius 2 is 2.04 bits per heavy atom. The molecule has 0 bridgehead atoms. The van der Waals surface area contributed by atoms with Gasteiger partial charge >= 0.3 is 0 Å². The summed E-state index contributed by atoms with van der Waals surface area (Å²) in [5.41, 5.74) is 1.76. The van der Waals surface area contributed by atoms with E-state index in [4.69, 9.17) is 0 Å². The number of aromatic nitrogens is 2. The Morgan fingerprint density at radius 3 is 2.69 bits per heavy atom. The lowest BCUT2D eigenvalue weighted by molar-refractivity contribution is -0.115. The van der Waals surface area contributed by atoms with E-state index < -0.39 is 23.2 Å². The molecule has 134 valence electrons. The number of hydrogen-bond acceptors (Lipinski definition) is 4. The first kappa shape index (κ1) is 17.0. The van der Waals surface area contributed by atoms with Crippen LogP contribution in [0.1, 0.15) is 41.6 Å². The number of anilines is 1. The minimum Gasteiger partial charge on any atom is -0.343 e. The van der Waals surface area contributed by atoms with E-state index in [9.17, 15) is 18.8 Å². The smallest absolute Gasteiger partial charge is 0.280 e. The van der Waals surface area contributed by atoms with Crippen molar-refractivity contribution >= 4 is 33.4 Å². The van der Waals surface area contributed by atoms with Gasteiger partial charge in [-0.05, 0) is 40.0 Å². The fraction of sp³-hybridized carbons (Fsp3) is 0.278. The number of nitrogens with one attached hydrogen (secondary N) is 1. The average molecular weight is 420 g/mol. The van der Waals surface area contributed by atoms with Gasteiger partial charge in [-0.1, -0.05) is 6.07 Å². The van der Waals surface area contributed by atoms with E-state index in [1.165, 1.54) is 17.7 Å². The molecule has 1 unspecified atom stereocenters. The Morgan fingerprint density at radius 1 is 1.31 bits per heavy atom. The summed E-state index contributed by atoms with van der Waals surface area (Å²) in [6, 6.07) is 4.45. The zero-order valence-corrected chi connectivity index (χ0v) is 15.7. The van der Waals surface area contributed by atoms with Crippen molar-refractivity contribution in [1.82, 2.24) is 9.36 Å². The number of nitrogens with zero attached hydrogens (tertiary/aromatic N) is 2. The third kappa shape index (κ3) is 2.25. The molecular weight excluding hydrogens is 405 g/mol. The molecular formula is C18H15BrFN3O3. The SMILES string of the molecule is CC(=O)n1c(=O)c2c(n1C)NC1=C(C(=O)CC1)C2c1ccc(F)c(Br)c1. The van der Waals surface area contributed by atoms with Crippen molar-refractivity contribution in [1.29, 1.82) is 0 Å². The quantitative estimate of drug-likeness (QED) is 0.770. The van der Waals surface area contributed by atoms with Crippen molar-refractivity contribution < 1.29 is 14.0 Å². The number of ketones is 1. The summed E-state index contributed by atoms with van der Waals surface area (Å²) < 4.78 is 16.5. The zero-order chi connectivity index (χ0) is 18.7. The highest BCUT2D eigenvalue weighted by atomic mass is 79.9. The van der Waals surface area contributed by atoms with Crippen LogP contribution in [-0.2, 0) is 11.8 Å². The summed E-state index contributed by atoms with van der Waals surface area (Å²) in [5, 5.41) is 3.16. The van der Waals surface area contributed by atoms with E-state index in [0.717, 1.165) is 10.4 Å². The lowest BCUT2D eigenvalue weighted by Gasteiger charge is -2.26. The van der Waals surface area contributed by atoms with Gasteiger partial charge in [0.25, 0.3) is 5.56 Å². The summed E-state index contributed by atoms with van der Waals surface area (Å²) in [6.07, 6.45) is 0.914. The lowest BCUT2D eigenvalue weighted by atomic mass is 9.82. The molecule has 0 saturated heterocycles. The third-order valence-electron chi connectivity index (χ3n) is 4.95. The molecule has 1 aromatic carbocycles. The molecule has 0 radical (unpaired) electrons. The Kier molecular flexibility index (Phi) is 3.76. The number of halogens is 2. The van der Waals surface area contributed by atoms with Gasteiger partial charge in [0.2, 0.25) is 5.91 Å². The first-order chi connectivity index (χ1) is 12.3. The van der Waals surface area contributed by atoms with Gasteiger partial charge in [-0.2, -0.15) is 4.68 Å². The minimum atomic E-state index is -0.632. The molecule has 1 aliphatic heterocycles. The maximum absolute atomic E-state index is 13.7. The molecule has 1 aliphatic carbocycles. The van der Waals surface area contributed by atoms with Gasteiger partial charge < -0.3 is 5.32 Å². The van der Waals surface area contributed by atoms with Crippen LogP contribution in [0.3, 0.4) is 0 Å². The molecule has 0 amide bonds. The molecule has 1 atom stereocenters. The summed E-state index contributed by atoms with van der Waals surface area (Å²) in [4.78, 5) is 37.4. The summed E-state index contributed by atoms with van der Waals surface area (Å²) in [7, 11) is 1.62. The number of carbonyl (C=O) groups excluding carboxylic acids is 2. The molecule has 6 nitrogen and oxygen atoms in total. The molecule has 1 aromatic heterocycles. The van der Waals surface area contributed by atoms with Gasteiger partial charge in [-0.25, -0.2) is 4.39 Å². The van der Waals surface area contributed by atoms with Gasteiger partial charge in [0, 0.05) is 37.6 Å². The predicted molar refractivity (Wildman–Crippen MR) is 96.8 cm³/mol. The van der Waals surface area contributed by atoms with E-state index >= 15 is 0 Å². The number of rotatable bonds is 1. The minimum absolute atomic E-state index is 0.0405. The highest BCUT2D eigenvalue weighted by molar-refractivity contribution is 9.10. The molecule has 0 saturated carbocycles. The number of carbonyl (C=O) groups is 2. The lowest BCUT2D eigenvalue weighted by Crippen LogP contribution is -2.29. The summed E-state index contributed by atoms with van der Waals surface area (Å²) in [6.45, 7) is 1.31. The van der Waals surface area contributed by atoms with Crippen LogP contribution < -0.4 is 10.9 Å². The van der Waals surface area contributed by atoms with Crippen LogP contribution in [0.25, 0.3) is 0 Å². The van der Waals surface area contributed by atoms with E-state index in [1.54, 1.807) is 19.2 Å². The second-order valence-corrected chi connectivity index (χ2v) is 7.32. The molecule has 4 rings (SSSR count). The molecule has 2 aromatic rings. The maximum Gasteiger partial charge on any atom is 0.280 e. The topological polar surface area (TPSA) is 73.1 Å². The van der Waals surface area contributed by atoms with Gasteiger partial charge in [0.1, 0.15) is 11.6 Å². The zero-order valence-electron chi connectivity index (χ0n) is 14.1. The van der Waals surface area contributed by atoms with E-state index in [1.807, 2.05) is 0 Å². The van der Waals surface area contributed by atoms with Gasteiger partial charge in [0.15, 0.2) is 5.78 Å². The first-order valence-electron chi connectivity index (χ1n) is 8.12. The highest BCUT2D eigenvalue weighted by Crippen LogP contribution is 2.45. The number of fused-ring (bicyclic) bond motifs is 1. The van der Waals surface area contributed by atoms with Crippen molar-refractivity contribution in [3.8, 4) is 0 Å². The van der Waals surface area contributed by atoms with E-state index in [2.05, 4.69) is 21.2 Å². The maximum atomic E-state index is 13.7. The van der Waals surface area contributed by atoms with E-state index in [0.29, 0.717) is 35.4 Å². The Balaban J connectivity index is 2.03. The fourth-order valence-electron chi connectivity index (χ4n) is 3.84. The summed E-state index contributed by atoms with van der Waals surface area (Å²) >= 11 is 3.17. The van der Waals surface area contributed by atoms with Crippen molar-refractivity contribution in [2.24, 2.45) is 7.05 Å². The standard InChI is InChI=1S/C18H15BrFN3O3/c1-8(24)23-18(26)16-14(9-3-4-11(20)10(19)7-9)15-12(5-6-13(15)25)21-17(16)22(23)2/h3-4,7,14,21H,5-6H2,1-2H3. The number of Topliss-reactive ketones (excluding diaryl/α,β-unsaturated/α-hetero) is 1. The van der Waals surface area contributed by atoms with Crippen LogP contribution in [0.15, 0.2) is 38.7 Å². The van der Waals surface area contributed by atoms with Crippen LogP contribution in [0, 0.1) is 5.82 Å². The molecule has 2 heterocycles. The van der Waals surface area contributed by atoms with Crippen molar-refractivity contribution in [3.63, 3.8) is 0 Å². The first-order valence-corrected chi connectivity index (χ1v) is 8.91. The second kappa shape index (κ2) is 5.77. The van der Waals surface area contributed by atoms with Crippen LogP contribution in [-0.4, -0.2) is 21.1 Å². The van der Waals surface area contributed by atoms with Crippen LogP contribution in [0.5, 0.6) is 0 Å². The van der Waals surface area contributed by atoms with Gasteiger partial charge in [-0.3, -0.25) is 19.1 Å². The third-order valence-corrected chi connectivity index (χ3v) is 5.56. The number of hydrogen-bond donors (Lipinski definition) is 1. The van der Waals surface area contributed by atoms with Crippen molar-refractivity contribution in [2.75, 3.05) is 5.32 Å². The van der Waals surface area contributed by atoms with Crippen molar-refractivity contribution in [3.05, 3.63) is 61.2 Å².